The number of carbonyl (C=O) groups is 1. The van der Waals surface area contributed by atoms with Gasteiger partial charge in [-0.15, -0.1) is 0 Å². The highest BCUT2D eigenvalue weighted by molar-refractivity contribution is 5.78. The molecular formula is C14H24O. The maximum Gasteiger partial charge on any atom is 0.132 e. The van der Waals surface area contributed by atoms with Crippen LogP contribution >= 0.6 is 0 Å². The maximum absolute atomic E-state index is 11.5. The fraction of sp³-hybridized carbons (Fsp3) is 0.929. The van der Waals surface area contributed by atoms with Gasteiger partial charge in [0.2, 0.25) is 0 Å². The van der Waals surface area contributed by atoms with Gasteiger partial charge in [-0.3, -0.25) is 4.79 Å². The van der Waals surface area contributed by atoms with Crippen molar-refractivity contribution >= 4 is 5.78 Å². The van der Waals surface area contributed by atoms with Crippen molar-refractivity contribution in [2.24, 2.45) is 23.2 Å². The van der Waals surface area contributed by atoms with Crippen LogP contribution in [0.1, 0.15) is 59.3 Å². The van der Waals surface area contributed by atoms with Gasteiger partial charge in [0, 0.05) is 5.92 Å². The van der Waals surface area contributed by atoms with Crippen molar-refractivity contribution in [3.63, 3.8) is 0 Å². The zero-order valence-corrected chi connectivity index (χ0v) is 10.4. The van der Waals surface area contributed by atoms with Crippen molar-refractivity contribution in [1.29, 1.82) is 0 Å². The Hall–Kier alpha value is -0.330. The van der Waals surface area contributed by atoms with E-state index in [0.29, 0.717) is 17.1 Å². The van der Waals surface area contributed by atoms with Crippen molar-refractivity contribution in [3.8, 4) is 0 Å². The van der Waals surface area contributed by atoms with E-state index in [1.807, 2.05) is 0 Å². The Balaban J connectivity index is 2.12. The third-order valence-corrected chi connectivity index (χ3v) is 5.17. The van der Waals surface area contributed by atoms with Crippen molar-refractivity contribution in [3.05, 3.63) is 0 Å². The highest BCUT2D eigenvalue weighted by Gasteiger charge is 2.44. The Morgan fingerprint density at radius 2 is 2.00 bits per heavy atom. The van der Waals surface area contributed by atoms with Crippen LogP contribution in [-0.4, -0.2) is 5.78 Å². The van der Waals surface area contributed by atoms with E-state index >= 15 is 0 Å². The second-order valence-corrected chi connectivity index (χ2v) is 6.21. The molecule has 2 rings (SSSR count). The number of rotatable bonds is 1. The van der Waals surface area contributed by atoms with Crippen LogP contribution in [0.3, 0.4) is 0 Å². The summed E-state index contributed by atoms with van der Waals surface area (Å²) in [7, 11) is 0. The standard InChI is InChI=1S/C14H24O/c1-10-5-4-7-14(3)8-6-12(11(2)15)9-13(10)14/h10,12-13H,4-9H2,1-3H3/t10-,12+,13+,14+/m0/s1. The van der Waals surface area contributed by atoms with Gasteiger partial charge >= 0.3 is 0 Å². The molecule has 0 aromatic heterocycles. The van der Waals surface area contributed by atoms with E-state index in [1.165, 1.54) is 32.1 Å². The Labute approximate surface area is 93.6 Å². The first-order chi connectivity index (χ1) is 7.03. The number of carbonyl (C=O) groups excluding carboxylic acids is 1. The number of fused-ring (bicyclic) bond motifs is 1. The van der Waals surface area contributed by atoms with Crippen LogP contribution in [0.5, 0.6) is 0 Å². The molecule has 15 heavy (non-hydrogen) atoms. The molecule has 0 aliphatic heterocycles. The third kappa shape index (κ3) is 1.98. The van der Waals surface area contributed by atoms with Crippen LogP contribution in [0, 0.1) is 23.2 Å². The summed E-state index contributed by atoms with van der Waals surface area (Å²) in [5.41, 5.74) is 0.559. The summed E-state index contributed by atoms with van der Waals surface area (Å²) in [5.74, 6) is 2.46. The van der Waals surface area contributed by atoms with Gasteiger partial charge < -0.3 is 0 Å². The molecule has 0 saturated heterocycles. The van der Waals surface area contributed by atoms with Crippen molar-refractivity contribution in [1.82, 2.24) is 0 Å². The fourth-order valence-corrected chi connectivity index (χ4v) is 4.03. The molecule has 0 aromatic carbocycles. The largest absolute Gasteiger partial charge is 0.300 e. The minimum absolute atomic E-state index is 0.378. The smallest absolute Gasteiger partial charge is 0.132 e. The molecular weight excluding hydrogens is 184 g/mol. The monoisotopic (exact) mass is 208 g/mol. The summed E-state index contributed by atoms with van der Waals surface area (Å²) >= 11 is 0. The molecule has 1 heteroatoms. The van der Waals surface area contributed by atoms with Crippen molar-refractivity contribution in [2.75, 3.05) is 0 Å². The molecule has 0 spiro atoms. The van der Waals surface area contributed by atoms with Gasteiger partial charge in [-0.05, 0) is 49.9 Å². The predicted octanol–water partition coefficient (Wildman–Crippen LogP) is 3.82. The van der Waals surface area contributed by atoms with Gasteiger partial charge in [0.15, 0.2) is 0 Å². The highest BCUT2D eigenvalue weighted by atomic mass is 16.1. The van der Waals surface area contributed by atoms with E-state index in [0.717, 1.165) is 18.3 Å². The van der Waals surface area contributed by atoms with Crippen LogP contribution in [0.15, 0.2) is 0 Å². The van der Waals surface area contributed by atoms with Crippen LogP contribution in [0.4, 0.5) is 0 Å². The summed E-state index contributed by atoms with van der Waals surface area (Å²) in [6, 6.07) is 0. The minimum atomic E-state index is 0.378. The summed E-state index contributed by atoms with van der Waals surface area (Å²) in [6.45, 7) is 6.63. The second-order valence-electron chi connectivity index (χ2n) is 6.21. The van der Waals surface area contributed by atoms with Crippen LogP contribution in [-0.2, 0) is 4.79 Å². The number of hydrogen-bond acceptors (Lipinski definition) is 1. The highest BCUT2D eigenvalue weighted by Crippen LogP contribution is 2.53. The molecule has 2 aliphatic rings. The number of hydrogen-bond donors (Lipinski definition) is 0. The normalized spacial score (nSPS) is 45.9. The van der Waals surface area contributed by atoms with Crippen LogP contribution in [0.2, 0.25) is 0 Å². The van der Waals surface area contributed by atoms with E-state index in [-0.39, 0.29) is 0 Å². The molecule has 0 radical (unpaired) electrons. The van der Waals surface area contributed by atoms with Gasteiger partial charge in [0.05, 0.1) is 0 Å². The molecule has 0 bridgehead atoms. The quantitative estimate of drug-likeness (QED) is 0.640. The van der Waals surface area contributed by atoms with E-state index in [2.05, 4.69) is 13.8 Å². The Morgan fingerprint density at radius 1 is 1.27 bits per heavy atom. The van der Waals surface area contributed by atoms with E-state index in [9.17, 15) is 4.79 Å². The summed E-state index contributed by atoms with van der Waals surface area (Å²) < 4.78 is 0. The molecule has 2 aliphatic carbocycles. The van der Waals surface area contributed by atoms with Gasteiger partial charge in [0.1, 0.15) is 5.78 Å². The Morgan fingerprint density at radius 3 is 2.67 bits per heavy atom. The lowest BCUT2D eigenvalue weighted by Crippen LogP contribution is -2.42. The lowest BCUT2D eigenvalue weighted by molar-refractivity contribution is -0.124. The third-order valence-electron chi connectivity index (χ3n) is 5.17. The number of Topliss-reactive ketones (excluding diaryl/α,β-unsaturated/α-hetero) is 1. The molecule has 0 N–H and O–H groups in total. The van der Waals surface area contributed by atoms with Gasteiger partial charge in [-0.25, -0.2) is 0 Å². The molecule has 0 heterocycles. The second kappa shape index (κ2) is 3.92. The fourth-order valence-electron chi connectivity index (χ4n) is 4.03. The SMILES string of the molecule is CC(=O)[C@@H]1CC[C@@]2(C)CCC[C@H](C)[C@H]2C1. The maximum atomic E-state index is 11.5. The van der Waals surface area contributed by atoms with Crippen molar-refractivity contribution in [2.45, 2.75) is 59.3 Å². The molecule has 4 atom stereocenters. The van der Waals surface area contributed by atoms with E-state index in [1.54, 1.807) is 6.92 Å². The zero-order valence-electron chi connectivity index (χ0n) is 10.4. The Kier molecular flexibility index (Phi) is 2.92. The first-order valence-electron chi connectivity index (χ1n) is 6.53. The van der Waals surface area contributed by atoms with Gasteiger partial charge in [-0.2, -0.15) is 0 Å². The van der Waals surface area contributed by atoms with Crippen LogP contribution in [0.25, 0.3) is 0 Å². The molecule has 86 valence electrons. The summed E-state index contributed by atoms with van der Waals surface area (Å²) in [6.07, 6.45) is 7.78. The molecule has 0 aromatic rings. The lowest BCUT2D eigenvalue weighted by atomic mass is 9.55. The van der Waals surface area contributed by atoms with Gasteiger partial charge in [0.25, 0.3) is 0 Å². The first-order valence-corrected chi connectivity index (χ1v) is 6.53. The Bertz CT molecular complexity index is 258. The van der Waals surface area contributed by atoms with Gasteiger partial charge in [-0.1, -0.05) is 26.7 Å². The summed E-state index contributed by atoms with van der Waals surface area (Å²) in [5, 5.41) is 0. The molecule has 1 nitrogen and oxygen atoms in total. The van der Waals surface area contributed by atoms with Crippen molar-refractivity contribution < 1.29 is 4.79 Å². The van der Waals surface area contributed by atoms with Crippen LogP contribution < -0.4 is 0 Å². The van der Waals surface area contributed by atoms with E-state index < -0.39 is 0 Å². The average Bonchev–Trinajstić information content (AvgIpc) is 2.17. The first kappa shape index (κ1) is 11.2. The molecule has 0 unspecified atom stereocenters. The predicted molar refractivity (Wildman–Crippen MR) is 62.6 cm³/mol. The number of ketones is 1. The van der Waals surface area contributed by atoms with E-state index in [4.69, 9.17) is 0 Å². The zero-order chi connectivity index (χ0) is 11.1. The molecule has 2 saturated carbocycles. The molecule has 0 amide bonds. The lowest BCUT2D eigenvalue weighted by Gasteiger charge is -2.50. The molecule has 2 fully saturated rings. The average molecular weight is 208 g/mol. The summed E-state index contributed by atoms with van der Waals surface area (Å²) in [4.78, 5) is 11.5. The minimum Gasteiger partial charge on any atom is -0.300 e. The topological polar surface area (TPSA) is 17.1 Å².